The van der Waals surface area contributed by atoms with Crippen molar-refractivity contribution in [3.8, 4) is 0 Å². The van der Waals surface area contributed by atoms with Gasteiger partial charge in [-0.2, -0.15) is 0 Å². The Labute approximate surface area is 110 Å². The van der Waals surface area contributed by atoms with Gasteiger partial charge in [0.15, 0.2) is 5.54 Å². The number of ether oxygens (including phenoxy) is 1. The van der Waals surface area contributed by atoms with Crippen LogP contribution in [0.4, 0.5) is 5.69 Å². The van der Waals surface area contributed by atoms with Crippen molar-refractivity contribution >= 4 is 17.6 Å². The molecule has 0 amide bonds. The van der Waals surface area contributed by atoms with Crippen molar-refractivity contribution in [2.75, 3.05) is 0 Å². The molecule has 0 aliphatic carbocycles. The second-order valence-electron chi connectivity index (χ2n) is 4.92. The summed E-state index contributed by atoms with van der Waals surface area (Å²) in [7, 11) is 0. The van der Waals surface area contributed by atoms with E-state index >= 15 is 0 Å². The molecule has 6 nitrogen and oxygen atoms in total. The van der Waals surface area contributed by atoms with Crippen molar-refractivity contribution in [1.82, 2.24) is 0 Å². The normalized spacial score (nSPS) is 22.3. The molecule has 1 aromatic rings. The standard InChI is InChI=1S/C13H14N2O4/c1-8(2)13(3)12(16)19-11(14-13)9-5-4-6-10(7-9)15(17)18/h4-8H,1-3H3. The van der Waals surface area contributed by atoms with E-state index in [9.17, 15) is 14.9 Å². The minimum atomic E-state index is -0.931. The Morgan fingerprint density at radius 3 is 2.63 bits per heavy atom. The molecule has 1 aromatic carbocycles. The number of esters is 1. The van der Waals surface area contributed by atoms with Gasteiger partial charge in [0.2, 0.25) is 5.90 Å². The zero-order chi connectivity index (χ0) is 14.2. The van der Waals surface area contributed by atoms with Crippen LogP contribution in [0.15, 0.2) is 29.3 Å². The zero-order valence-electron chi connectivity index (χ0n) is 10.9. The quantitative estimate of drug-likeness (QED) is 0.475. The summed E-state index contributed by atoms with van der Waals surface area (Å²) in [5.74, 6) is -0.301. The SMILES string of the molecule is CC(C)C1(C)N=C(c2cccc([N+](=O)[O-])c2)OC1=O. The largest absolute Gasteiger partial charge is 0.405 e. The van der Waals surface area contributed by atoms with Crippen molar-refractivity contribution in [3.05, 3.63) is 39.9 Å². The average molecular weight is 262 g/mol. The number of hydrogen-bond donors (Lipinski definition) is 0. The zero-order valence-corrected chi connectivity index (χ0v) is 10.9. The summed E-state index contributed by atoms with van der Waals surface area (Å²) in [6.07, 6.45) is 0. The van der Waals surface area contributed by atoms with Crippen molar-refractivity contribution in [2.45, 2.75) is 26.3 Å². The monoisotopic (exact) mass is 262 g/mol. The highest BCUT2D eigenvalue weighted by Crippen LogP contribution is 2.30. The van der Waals surface area contributed by atoms with Crippen LogP contribution in [0.5, 0.6) is 0 Å². The summed E-state index contributed by atoms with van der Waals surface area (Å²) in [5.41, 5.74) is -0.554. The van der Waals surface area contributed by atoms with Crippen LogP contribution < -0.4 is 0 Å². The molecule has 1 aliphatic heterocycles. The highest BCUT2D eigenvalue weighted by atomic mass is 16.6. The average Bonchev–Trinajstić information content (AvgIpc) is 2.67. The molecule has 0 saturated carbocycles. The Kier molecular flexibility index (Phi) is 3.09. The van der Waals surface area contributed by atoms with Crippen LogP contribution in [0.25, 0.3) is 0 Å². The molecule has 0 spiro atoms. The van der Waals surface area contributed by atoms with E-state index < -0.39 is 16.4 Å². The molecule has 0 radical (unpaired) electrons. The van der Waals surface area contributed by atoms with Gasteiger partial charge < -0.3 is 4.74 Å². The van der Waals surface area contributed by atoms with Crippen LogP contribution in [0.2, 0.25) is 0 Å². The number of carbonyl (C=O) groups excluding carboxylic acids is 1. The summed E-state index contributed by atoms with van der Waals surface area (Å²) in [4.78, 5) is 26.4. The first-order chi connectivity index (χ1) is 8.84. The third-order valence-corrected chi connectivity index (χ3v) is 3.36. The Morgan fingerprint density at radius 2 is 2.11 bits per heavy atom. The van der Waals surface area contributed by atoms with Crippen molar-refractivity contribution in [3.63, 3.8) is 0 Å². The van der Waals surface area contributed by atoms with E-state index in [1.165, 1.54) is 18.2 Å². The third kappa shape index (κ3) is 2.21. The minimum Gasteiger partial charge on any atom is -0.405 e. The number of hydrogen-bond acceptors (Lipinski definition) is 5. The van der Waals surface area contributed by atoms with Crippen LogP contribution in [-0.4, -0.2) is 22.3 Å². The number of non-ortho nitro benzene ring substituents is 1. The predicted molar refractivity (Wildman–Crippen MR) is 69.0 cm³/mol. The third-order valence-electron chi connectivity index (χ3n) is 3.36. The van der Waals surface area contributed by atoms with Crippen LogP contribution in [0.3, 0.4) is 0 Å². The number of nitrogens with zero attached hydrogens (tertiary/aromatic N) is 2. The molecule has 0 saturated heterocycles. The van der Waals surface area contributed by atoms with Crippen molar-refractivity contribution < 1.29 is 14.5 Å². The maximum Gasteiger partial charge on any atom is 0.340 e. The van der Waals surface area contributed by atoms with Crippen LogP contribution in [0, 0.1) is 16.0 Å². The highest BCUT2D eigenvalue weighted by molar-refractivity contribution is 6.08. The Morgan fingerprint density at radius 1 is 1.42 bits per heavy atom. The van der Waals surface area contributed by atoms with E-state index in [0.29, 0.717) is 5.56 Å². The van der Waals surface area contributed by atoms with Gasteiger partial charge in [-0.05, 0) is 18.9 Å². The Hall–Kier alpha value is -2.24. The van der Waals surface area contributed by atoms with Gasteiger partial charge in [-0.15, -0.1) is 0 Å². The molecule has 1 unspecified atom stereocenters. The molecule has 0 N–H and O–H groups in total. The fourth-order valence-electron chi connectivity index (χ4n) is 1.71. The lowest BCUT2D eigenvalue weighted by molar-refractivity contribution is -0.384. The van der Waals surface area contributed by atoms with Gasteiger partial charge in [0, 0.05) is 17.7 Å². The molecule has 0 bridgehead atoms. The molecular formula is C13H14N2O4. The van der Waals surface area contributed by atoms with E-state index in [-0.39, 0.29) is 17.5 Å². The first-order valence-electron chi connectivity index (χ1n) is 5.91. The van der Waals surface area contributed by atoms with E-state index in [1.54, 1.807) is 13.0 Å². The van der Waals surface area contributed by atoms with Crippen LogP contribution >= 0.6 is 0 Å². The maximum absolute atomic E-state index is 11.9. The summed E-state index contributed by atoms with van der Waals surface area (Å²) in [5, 5.41) is 10.7. The number of aliphatic imine (C=N–C) groups is 1. The van der Waals surface area contributed by atoms with E-state index in [4.69, 9.17) is 4.74 Å². The second-order valence-corrected chi connectivity index (χ2v) is 4.92. The van der Waals surface area contributed by atoms with E-state index in [0.717, 1.165) is 0 Å². The molecule has 100 valence electrons. The van der Waals surface area contributed by atoms with Crippen molar-refractivity contribution in [1.29, 1.82) is 0 Å². The number of cyclic esters (lactones) is 1. The van der Waals surface area contributed by atoms with Crippen LogP contribution in [-0.2, 0) is 9.53 Å². The van der Waals surface area contributed by atoms with Crippen molar-refractivity contribution in [2.24, 2.45) is 10.9 Å². The molecule has 1 atom stereocenters. The molecule has 2 rings (SSSR count). The summed E-state index contributed by atoms with van der Waals surface area (Å²) >= 11 is 0. The smallest absolute Gasteiger partial charge is 0.340 e. The summed E-state index contributed by atoms with van der Waals surface area (Å²) in [6, 6.07) is 5.89. The van der Waals surface area contributed by atoms with Crippen LogP contribution in [0.1, 0.15) is 26.3 Å². The first-order valence-corrected chi connectivity index (χ1v) is 5.91. The van der Waals surface area contributed by atoms with Gasteiger partial charge in [0.25, 0.3) is 5.69 Å². The minimum absolute atomic E-state index is 0.0174. The second kappa shape index (κ2) is 4.46. The van der Waals surface area contributed by atoms with Gasteiger partial charge in [-0.1, -0.05) is 19.9 Å². The number of carbonyl (C=O) groups is 1. The lowest BCUT2D eigenvalue weighted by Gasteiger charge is -2.19. The Balaban J connectivity index is 2.41. The first kappa shape index (κ1) is 13.2. The number of nitro groups is 1. The van der Waals surface area contributed by atoms with Gasteiger partial charge in [-0.3, -0.25) is 10.1 Å². The summed E-state index contributed by atoms with van der Waals surface area (Å²) < 4.78 is 5.15. The van der Waals surface area contributed by atoms with Gasteiger partial charge in [0.1, 0.15) is 0 Å². The van der Waals surface area contributed by atoms with Gasteiger partial charge in [-0.25, -0.2) is 9.79 Å². The van der Waals surface area contributed by atoms with E-state index in [2.05, 4.69) is 4.99 Å². The fraction of sp³-hybridized carbons (Fsp3) is 0.385. The van der Waals surface area contributed by atoms with Gasteiger partial charge in [0.05, 0.1) is 4.92 Å². The highest BCUT2D eigenvalue weighted by Gasteiger charge is 2.44. The number of benzene rings is 1. The molecule has 0 fully saturated rings. The fourth-order valence-corrected chi connectivity index (χ4v) is 1.71. The van der Waals surface area contributed by atoms with Gasteiger partial charge >= 0.3 is 5.97 Å². The molecule has 0 aromatic heterocycles. The number of rotatable bonds is 3. The van der Waals surface area contributed by atoms with E-state index in [1.807, 2.05) is 13.8 Å². The number of nitro benzene ring substituents is 1. The topological polar surface area (TPSA) is 81.8 Å². The molecule has 19 heavy (non-hydrogen) atoms. The lowest BCUT2D eigenvalue weighted by atomic mass is 9.90. The molecule has 1 aliphatic rings. The molecule has 6 heteroatoms. The lowest BCUT2D eigenvalue weighted by Crippen LogP contribution is -2.35. The Bertz CT molecular complexity index is 580. The molecular weight excluding hydrogens is 248 g/mol. The predicted octanol–water partition coefficient (Wildman–Crippen LogP) is 2.31. The molecule has 1 heterocycles. The maximum atomic E-state index is 11.9. The summed E-state index contributed by atoms with van der Waals surface area (Å²) in [6.45, 7) is 5.45.